The molecular weight excluding hydrogens is 460 g/mol. The van der Waals surface area contributed by atoms with Crippen LogP contribution in [0, 0.1) is 11.8 Å². The molecule has 0 amide bonds. The van der Waals surface area contributed by atoms with Crippen LogP contribution in [0.2, 0.25) is 14.8 Å². The molecule has 0 aliphatic carbocycles. The monoisotopic (exact) mass is 496 g/mol. The van der Waals surface area contributed by atoms with Crippen LogP contribution in [0.5, 0.6) is 0 Å². The predicted octanol–water partition coefficient (Wildman–Crippen LogP) is 2.69. The fraction of sp³-hybridized carbons (Fsp3) is 0.867. The van der Waals surface area contributed by atoms with Gasteiger partial charge in [-0.15, -0.1) is 0 Å². The molecule has 2 saturated heterocycles. The number of nitrogens with one attached hydrogen (secondary N) is 2. The normalized spacial score (nSPS) is 20.8. The van der Waals surface area contributed by atoms with Gasteiger partial charge in [0.25, 0.3) is 0 Å². The first kappa shape index (κ1) is 23.5. The molecule has 0 aromatic carbocycles. The molecule has 2 rings (SSSR count). The molecule has 4 radical (unpaired) electrons. The zero-order chi connectivity index (χ0) is 13.2. The minimum Gasteiger partial charge on any atom is 1.00 e. The maximum absolute atomic E-state index is 3.41. The maximum Gasteiger partial charge on any atom is 1.00 e. The van der Waals surface area contributed by atoms with E-state index in [2.05, 4.69) is 37.6 Å². The van der Waals surface area contributed by atoms with Gasteiger partial charge in [-0.25, -0.2) is 0 Å². The van der Waals surface area contributed by atoms with Crippen molar-refractivity contribution in [1.29, 1.82) is 0 Å². The van der Waals surface area contributed by atoms with E-state index >= 15 is 0 Å². The summed E-state index contributed by atoms with van der Waals surface area (Å²) in [7, 11) is 0. The summed E-state index contributed by atoms with van der Waals surface area (Å²) in [5.41, 5.74) is 0. The van der Waals surface area contributed by atoms with Crippen LogP contribution >= 0.6 is 0 Å². The standard InChI is InChI=1S/C12H22N2.3CH3.H3N.2Sn/c1(11-3-7-13-8-4-11)2-12-5-9-14-10-6-12;;;;;;/h1-2,11-14H,3-10H2;4*1H3;;/q;;;;;;+1. The second kappa shape index (κ2) is 15.1. The third-order valence-electron chi connectivity index (χ3n) is 3.42. The molecule has 5 heteroatoms. The molecule has 2 heterocycles. The van der Waals surface area contributed by atoms with Crippen LogP contribution in [-0.2, 0) is 0 Å². The molecule has 0 atom stereocenters. The van der Waals surface area contributed by atoms with Crippen LogP contribution in [0.3, 0.4) is 0 Å². The number of hydrogen-bond donors (Lipinski definition) is 3. The van der Waals surface area contributed by atoms with E-state index in [9.17, 15) is 0 Å². The van der Waals surface area contributed by atoms with E-state index in [4.69, 9.17) is 0 Å². The van der Waals surface area contributed by atoms with Crippen molar-refractivity contribution >= 4 is 43.7 Å². The van der Waals surface area contributed by atoms with E-state index in [1.54, 1.807) is 0 Å². The van der Waals surface area contributed by atoms with Gasteiger partial charge in [-0.1, -0.05) is 12.2 Å². The molecule has 2 aliphatic rings. The van der Waals surface area contributed by atoms with Crippen LogP contribution < -0.4 is 16.8 Å². The summed E-state index contributed by atoms with van der Waals surface area (Å²) in [5.74, 6) is 1.71. The van der Waals surface area contributed by atoms with Gasteiger partial charge in [0.15, 0.2) is 0 Å². The SMILES string of the molecule is C(=CC1CCNCC1)C1CCNCC1.N.[CH3][Sn]([CH3])[CH3].[Sn+]. The molecule has 116 valence electrons. The quantitative estimate of drug-likeness (QED) is 0.409. The largest absolute Gasteiger partial charge is 1.00 e. The van der Waals surface area contributed by atoms with Gasteiger partial charge in [0.1, 0.15) is 0 Å². The van der Waals surface area contributed by atoms with Gasteiger partial charge < -0.3 is 16.8 Å². The van der Waals surface area contributed by atoms with Crippen molar-refractivity contribution in [2.45, 2.75) is 40.5 Å². The molecule has 0 aromatic rings. The Labute approximate surface area is 150 Å². The van der Waals surface area contributed by atoms with Crippen LogP contribution in [0.25, 0.3) is 0 Å². The zero-order valence-electron chi connectivity index (χ0n) is 13.7. The summed E-state index contributed by atoms with van der Waals surface area (Å²) in [5, 5.41) is 6.82. The second-order valence-electron chi connectivity index (χ2n) is 6.06. The van der Waals surface area contributed by atoms with E-state index < -0.39 is 19.8 Å². The van der Waals surface area contributed by atoms with E-state index in [0.29, 0.717) is 0 Å². The van der Waals surface area contributed by atoms with Gasteiger partial charge in [-0.05, 0) is 63.7 Å². The average Bonchev–Trinajstić information content (AvgIpc) is 2.38. The summed E-state index contributed by atoms with van der Waals surface area (Å²) < 4.78 is 0. The van der Waals surface area contributed by atoms with Crippen molar-refractivity contribution in [3.8, 4) is 0 Å². The Morgan fingerprint density at radius 2 is 1.00 bits per heavy atom. The Morgan fingerprint density at radius 3 is 1.25 bits per heavy atom. The van der Waals surface area contributed by atoms with Crippen molar-refractivity contribution in [2.24, 2.45) is 11.8 Å². The van der Waals surface area contributed by atoms with E-state index in [0.717, 1.165) is 11.8 Å². The van der Waals surface area contributed by atoms with Gasteiger partial charge in [-0.2, -0.15) is 0 Å². The molecule has 20 heavy (non-hydrogen) atoms. The Balaban J connectivity index is 0. The number of rotatable bonds is 2. The molecule has 0 aromatic heterocycles. The molecular formula is C15H34N3Sn2+. The molecule has 3 nitrogen and oxygen atoms in total. The van der Waals surface area contributed by atoms with Crippen molar-refractivity contribution in [2.75, 3.05) is 26.2 Å². The van der Waals surface area contributed by atoms with Gasteiger partial charge >= 0.3 is 58.5 Å². The fourth-order valence-electron chi connectivity index (χ4n) is 2.39. The fourth-order valence-corrected chi connectivity index (χ4v) is 2.39. The summed E-state index contributed by atoms with van der Waals surface area (Å²) >= 11 is -0.543. The predicted molar refractivity (Wildman–Crippen MR) is 94.4 cm³/mol. The first-order valence-electron chi connectivity index (χ1n) is 7.55. The Morgan fingerprint density at radius 1 is 0.750 bits per heavy atom. The Hall–Kier alpha value is 1.22. The summed E-state index contributed by atoms with van der Waals surface area (Å²) in [6.45, 7) is 4.84. The van der Waals surface area contributed by atoms with E-state index in [1.807, 2.05) is 0 Å². The van der Waals surface area contributed by atoms with E-state index in [-0.39, 0.29) is 30.1 Å². The molecule has 2 fully saturated rings. The zero-order valence-corrected chi connectivity index (χ0v) is 19.4. The second-order valence-corrected chi connectivity index (χ2v) is 14.6. The van der Waals surface area contributed by atoms with Crippen LogP contribution in [0.15, 0.2) is 12.2 Å². The van der Waals surface area contributed by atoms with Gasteiger partial charge in [-0.3, -0.25) is 0 Å². The third-order valence-corrected chi connectivity index (χ3v) is 3.42. The number of allylic oxidation sites excluding steroid dienone is 2. The van der Waals surface area contributed by atoms with Gasteiger partial charge in [0, 0.05) is 0 Å². The topological polar surface area (TPSA) is 59.1 Å². The van der Waals surface area contributed by atoms with Crippen LogP contribution in [-0.4, -0.2) is 69.8 Å². The third kappa shape index (κ3) is 12.9. The molecule has 0 bridgehead atoms. The Bertz CT molecular complexity index is 200. The van der Waals surface area contributed by atoms with Gasteiger partial charge in [0.05, 0.1) is 0 Å². The Kier molecular flexibility index (Phi) is 17.8. The van der Waals surface area contributed by atoms with Crippen molar-refractivity contribution in [1.82, 2.24) is 16.8 Å². The molecule has 5 N–H and O–H groups in total. The summed E-state index contributed by atoms with van der Waals surface area (Å²) in [4.78, 5) is 7.09. The van der Waals surface area contributed by atoms with Crippen molar-refractivity contribution in [3.63, 3.8) is 0 Å². The maximum atomic E-state index is 3.41. The smallest absolute Gasteiger partial charge is 1.00 e. The van der Waals surface area contributed by atoms with Crippen molar-refractivity contribution < 1.29 is 0 Å². The summed E-state index contributed by atoms with van der Waals surface area (Å²) in [6, 6.07) is 0. The average molecular weight is 494 g/mol. The number of piperidine rings is 2. The molecule has 0 spiro atoms. The molecule has 2 aliphatic heterocycles. The van der Waals surface area contributed by atoms with Crippen molar-refractivity contribution in [3.05, 3.63) is 12.2 Å². The first-order chi connectivity index (χ1) is 8.68. The van der Waals surface area contributed by atoms with Gasteiger partial charge in [0.2, 0.25) is 0 Å². The first-order valence-corrected chi connectivity index (χ1v) is 16.1. The van der Waals surface area contributed by atoms with Crippen LogP contribution in [0.1, 0.15) is 25.7 Å². The minimum atomic E-state index is -0.543. The van der Waals surface area contributed by atoms with Crippen LogP contribution in [0.4, 0.5) is 0 Å². The molecule has 0 saturated carbocycles. The number of hydrogen-bond acceptors (Lipinski definition) is 3. The van der Waals surface area contributed by atoms with E-state index in [1.165, 1.54) is 51.9 Å². The molecule has 0 unspecified atom stereocenters. The minimum absolute atomic E-state index is 0. The summed E-state index contributed by atoms with van der Waals surface area (Å²) in [6.07, 6.45) is 10.3.